The van der Waals surface area contributed by atoms with Crippen LogP contribution in [0.15, 0.2) is 18.2 Å². The molecule has 1 aromatic carbocycles. The molecule has 104 valence electrons. The highest BCUT2D eigenvalue weighted by atomic mass is 16.5. The van der Waals surface area contributed by atoms with Crippen LogP contribution < -0.4 is 14.2 Å². The minimum atomic E-state index is 0.0558. The van der Waals surface area contributed by atoms with E-state index >= 15 is 0 Å². The van der Waals surface area contributed by atoms with Crippen LogP contribution >= 0.6 is 0 Å². The molecule has 0 aliphatic heterocycles. The number of benzene rings is 1. The Bertz CT molecular complexity index is 502. The number of rotatable bonds is 5. The van der Waals surface area contributed by atoms with E-state index < -0.39 is 0 Å². The first-order valence-electron chi connectivity index (χ1n) is 5.93. The van der Waals surface area contributed by atoms with Crippen LogP contribution in [0.1, 0.15) is 18.1 Å². The normalized spacial score (nSPS) is 11.2. The second-order valence-corrected chi connectivity index (χ2v) is 3.87. The Labute approximate surface area is 113 Å². The van der Waals surface area contributed by atoms with Crippen LogP contribution in [0.3, 0.4) is 0 Å². The lowest BCUT2D eigenvalue weighted by molar-refractivity contribution is 0.309. The first-order chi connectivity index (χ1) is 9.12. The zero-order valence-electron chi connectivity index (χ0n) is 12.0. The third-order valence-electron chi connectivity index (χ3n) is 2.81. The summed E-state index contributed by atoms with van der Waals surface area (Å²) < 4.78 is 15.8. The number of aromatic hydroxyl groups is 1. The molecule has 4 heteroatoms. The van der Waals surface area contributed by atoms with E-state index in [2.05, 4.69) is 0 Å². The van der Waals surface area contributed by atoms with Crippen molar-refractivity contribution in [3.63, 3.8) is 0 Å². The van der Waals surface area contributed by atoms with Gasteiger partial charge in [0.05, 0.1) is 21.3 Å². The number of ether oxygens (including phenoxy) is 3. The molecule has 0 unspecified atom stereocenters. The Morgan fingerprint density at radius 2 is 1.47 bits per heavy atom. The molecule has 0 radical (unpaired) electrons. The molecule has 0 aromatic heterocycles. The topological polar surface area (TPSA) is 47.9 Å². The van der Waals surface area contributed by atoms with Crippen molar-refractivity contribution in [1.29, 1.82) is 0 Å². The first kappa shape index (κ1) is 15.0. The van der Waals surface area contributed by atoms with Crippen molar-refractivity contribution in [2.45, 2.75) is 13.8 Å². The molecular formula is C15H20O4. The SMILES string of the molecule is CC=CC=Cc1c(C)c(O)c(OC)c(OC)c1OC. The van der Waals surface area contributed by atoms with Gasteiger partial charge in [-0.25, -0.2) is 0 Å². The van der Waals surface area contributed by atoms with E-state index in [-0.39, 0.29) is 11.5 Å². The molecule has 1 N–H and O–H groups in total. The standard InChI is InChI=1S/C15H20O4/c1-6-7-8-9-11-10(2)12(16)14(18-4)15(19-5)13(11)17-3/h6-9,16H,1-5H3. The van der Waals surface area contributed by atoms with Crippen molar-refractivity contribution in [2.75, 3.05) is 21.3 Å². The lowest BCUT2D eigenvalue weighted by atomic mass is 10.0. The molecule has 0 fully saturated rings. The molecule has 0 spiro atoms. The zero-order valence-corrected chi connectivity index (χ0v) is 12.0. The van der Waals surface area contributed by atoms with Crippen LogP contribution in [0.4, 0.5) is 0 Å². The Morgan fingerprint density at radius 1 is 0.895 bits per heavy atom. The molecule has 0 amide bonds. The molecule has 0 saturated carbocycles. The van der Waals surface area contributed by atoms with Crippen molar-refractivity contribution < 1.29 is 19.3 Å². The van der Waals surface area contributed by atoms with Crippen molar-refractivity contribution in [3.05, 3.63) is 29.4 Å². The van der Waals surface area contributed by atoms with Gasteiger partial charge < -0.3 is 19.3 Å². The fourth-order valence-electron chi connectivity index (χ4n) is 1.84. The maximum Gasteiger partial charge on any atom is 0.207 e. The summed E-state index contributed by atoms with van der Waals surface area (Å²) in [7, 11) is 4.54. The summed E-state index contributed by atoms with van der Waals surface area (Å²) in [6.45, 7) is 3.73. The third kappa shape index (κ3) is 2.84. The van der Waals surface area contributed by atoms with Crippen LogP contribution in [0.5, 0.6) is 23.0 Å². The lowest BCUT2D eigenvalue weighted by Gasteiger charge is -2.18. The van der Waals surface area contributed by atoms with Gasteiger partial charge in [0, 0.05) is 11.1 Å². The Kier molecular flexibility index (Phi) is 5.30. The van der Waals surface area contributed by atoms with Gasteiger partial charge in [-0.15, -0.1) is 0 Å². The highest BCUT2D eigenvalue weighted by molar-refractivity contribution is 5.74. The monoisotopic (exact) mass is 264 g/mol. The third-order valence-corrected chi connectivity index (χ3v) is 2.81. The van der Waals surface area contributed by atoms with E-state index in [1.165, 1.54) is 14.2 Å². The number of hydrogen-bond acceptors (Lipinski definition) is 4. The molecule has 0 saturated heterocycles. The van der Waals surface area contributed by atoms with Crippen LogP contribution in [-0.2, 0) is 0 Å². The molecule has 1 rings (SSSR count). The maximum atomic E-state index is 10.2. The Hall–Kier alpha value is -2.10. The highest BCUT2D eigenvalue weighted by Crippen LogP contribution is 2.49. The smallest absolute Gasteiger partial charge is 0.207 e. The molecule has 0 aliphatic rings. The van der Waals surface area contributed by atoms with Gasteiger partial charge >= 0.3 is 0 Å². The van der Waals surface area contributed by atoms with E-state index in [0.29, 0.717) is 17.1 Å². The number of hydrogen-bond donors (Lipinski definition) is 1. The summed E-state index contributed by atoms with van der Waals surface area (Å²) in [6, 6.07) is 0. The Morgan fingerprint density at radius 3 is 1.95 bits per heavy atom. The Balaban J connectivity index is 3.57. The van der Waals surface area contributed by atoms with E-state index in [9.17, 15) is 5.11 Å². The van der Waals surface area contributed by atoms with Gasteiger partial charge in [0.2, 0.25) is 11.5 Å². The van der Waals surface area contributed by atoms with Crippen molar-refractivity contribution in [1.82, 2.24) is 0 Å². The number of allylic oxidation sites excluding steroid dienone is 3. The predicted octanol–water partition coefficient (Wildman–Crippen LogP) is 3.32. The second kappa shape index (κ2) is 6.73. The van der Waals surface area contributed by atoms with Gasteiger partial charge in [0.25, 0.3) is 0 Å². The minimum absolute atomic E-state index is 0.0558. The summed E-state index contributed by atoms with van der Waals surface area (Å²) in [5.41, 5.74) is 1.44. The minimum Gasteiger partial charge on any atom is -0.504 e. The quantitative estimate of drug-likeness (QED) is 0.829. The summed E-state index contributed by atoms with van der Waals surface area (Å²) in [5.74, 6) is 1.25. The van der Waals surface area contributed by atoms with Crippen LogP contribution in [0.2, 0.25) is 0 Å². The number of phenolic OH excluding ortho intramolecular Hbond substituents is 1. The van der Waals surface area contributed by atoms with Crippen LogP contribution in [-0.4, -0.2) is 26.4 Å². The molecule has 19 heavy (non-hydrogen) atoms. The highest BCUT2D eigenvalue weighted by Gasteiger charge is 2.22. The van der Waals surface area contributed by atoms with E-state index in [0.717, 1.165) is 5.56 Å². The molecule has 4 nitrogen and oxygen atoms in total. The number of phenols is 1. The summed E-state index contributed by atoms with van der Waals surface area (Å²) >= 11 is 0. The van der Waals surface area contributed by atoms with Crippen molar-refractivity contribution >= 4 is 6.08 Å². The van der Waals surface area contributed by atoms with E-state index in [1.807, 2.05) is 31.2 Å². The second-order valence-electron chi connectivity index (χ2n) is 3.87. The average Bonchev–Trinajstić information content (AvgIpc) is 2.43. The molecule has 0 heterocycles. The average molecular weight is 264 g/mol. The van der Waals surface area contributed by atoms with Crippen LogP contribution in [0, 0.1) is 6.92 Å². The summed E-state index contributed by atoms with van der Waals surface area (Å²) in [4.78, 5) is 0. The van der Waals surface area contributed by atoms with Crippen molar-refractivity contribution in [3.8, 4) is 23.0 Å². The van der Waals surface area contributed by atoms with Gasteiger partial charge in [0.15, 0.2) is 11.5 Å². The zero-order chi connectivity index (χ0) is 14.4. The van der Waals surface area contributed by atoms with Gasteiger partial charge in [-0.1, -0.05) is 24.3 Å². The largest absolute Gasteiger partial charge is 0.504 e. The first-order valence-corrected chi connectivity index (χ1v) is 5.93. The van der Waals surface area contributed by atoms with E-state index in [4.69, 9.17) is 14.2 Å². The van der Waals surface area contributed by atoms with Crippen LogP contribution in [0.25, 0.3) is 6.08 Å². The van der Waals surface area contributed by atoms with Gasteiger partial charge in [-0.05, 0) is 13.8 Å². The molecule has 0 atom stereocenters. The van der Waals surface area contributed by atoms with Gasteiger partial charge in [-0.2, -0.15) is 0 Å². The van der Waals surface area contributed by atoms with Gasteiger partial charge in [0.1, 0.15) is 0 Å². The summed E-state index contributed by atoms with van der Waals surface area (Å²) in [5, 5.41) is 10.2. The molecule has 0 aliphatic carbocycles. The molecular weight excluding hydrogens is 244 g/mol. The fraction of sp³-hybridized carbons (Fsp3) is 0.333. The van der Waals surface area contributed by atoms with Gasteiger partial charge in [-0.3, -0.25) is 0 Å². The number of methoxy groups -OCH3 is 3. The fourth-order valence-corrected chi connectivity index (χ4v) is 1.84. The predicted molar refractivity (Wildman–Crippen MR) is 76.3 cm³/mol. The molecule has 0 bridgehead atoms. The molecule has 1 aromatic rings. The van der Waals surface area contributed by atoms with E-state index in [1.54, 1.807) is 14.0 Å². The maximum absolute atomic E-state index is 10.2. The lowest BCUT2D eigenvalue weighted by Crippen LogP contribution is -1.99. The van der Waals surface area contributed by atoms with Crippen molar-refractivity contribution in [2.24, 2.45) is 0 Å². The summed E-state index contributed by atoms with van der Waals surface area (Å²) in [6.07, 6.45) is 7.54.